The number of amides is 2. The van der Waals surface area contributed by atoms with Gasteiger partial charge in [0.05, 0.1) is 17.7 Å². The summed E-state index contributed by atoms with van der Waals surface area (Å²) in [4.78, 5) is 22.4. The number of carbonyl (C=O) groups excluding carboxylic acids is 2. The highest BCUT2D eigenvalue weighted by Crippen LogP contribution is 2.14. The van der Waals surface area contributed by atoms with Crippen LogP contribution in [-0.2, 0) is 4.74 Å². The molecule has 0 bridgehead atoms. The summed E-state index contributed by atoms with van der Waals surface area (Å²) in [5, 5.41) is 5.46. The van der Waals surface area contributed by atoms with Gasteiger partial charge in [0, 0.05) is 13.1 Å². The van der Waals surface area contributed by atoms with E-state index in [9.17, 15) is 9.59 Å². The lowest BCUT2D eigenvalue weighted by atomic mass is 10.2. The quantitative estimate of drug-likeness (QED) is 0.801. The van der Waals surface area contributed by atoms with Crippen molar-refractivity contribution in [2.45, 2.75) is 0 Å². The molecular weight excluding hydrogens is 244 g/mol. The molecule has 0 heterocycles. The maximum absolute atomic E-state index is 11.6. The zero-order chi connectivity index (χ0) is 12.7. The molecule has 92 valence electrons. The van der Waals surface area contributed by atoms with Crippen LogP contribution in [-0.4, -0.2) is 32.2 Å². The molecule has 0 unspecified atom stereocenters. The molecular formula is C11H13ClN2O3. The Hall–Kier alpha value is -1.75. The van der Waals surface area contributed by atoms with Gasteiger partial charge in [0.15, 0.2) is 0 Å². The average Bonchev–Trinajstić information content (AvgIpc) is 2.34. The molecule has 0 atom stereocenters. The number of hydrogen-bond acceptors (Lipinski definition) is 3. The third-order valence-corrected chi connectivity index (χ3v) is 2.31. The van der Waals surface area contributed by atoms with Gasteiger partial charge in [0.2, 0.25) is 0 Å². The van der Waals surface area contributed by atoms with Gasteiger partial charge < -0.3 is 15.4 Å². The first kappa shape index (κ1) is 13.3. The minimum atomic E-state index is -0.531. The van der Waals surface area contributed by atoms with Gasteiger partial charge in [0.1, 0.15) is 0 Å². The summed E-state index contributed by atoms with van der Waals surface area (Å²) in [5.41, 5.74) is 0.409. The van der Waals surface area contributed by atoms with Crippen molar-refractivity contribution in [3.63, 3.8) is 0 Å². The number of benzene rings is 1. The van der Waals surface area contributed by atoms with Crippen LogP contribution in [0.5, 0.6) is 0 Å². The summed E-state index contributed by atoms with van der Waals surface area (Å²) in [5.74, 6) is -0.276. The van der Waals surface area contributed by atoms with Crippen molar-refractivity contribution < 1.29 is 14.3 Å². The third kappa shape index (κ3) is 4.32. The van der Waals surface area contributed by atoms with Crippen molar-refractivity contribution in [1.29, 1.82) is 0 Å². The second-order valence-corrected chi connectivity index (χ2v) is 3.56. The van der Waals surface area contributed by atoms with Crippen molar-refractivity contribution in [2.75, 3.05) is 20.2 Å². The molecule has 0 saturated carbocycles. The van der Waals surface area contributed by atoms with E-state index in [-0.39, 0.29) is 5.91 Å². The Labute approximate surface area is 104 Å². The van der Waals surface area contributed by atoms with Gasteiger partial charge in [-0.15, -0.1) is 0 Å². The standard InChI is InChI=1S/C11H13ClN2O3/c1-17-11(16)14-7-6-13-10(15)8-4-2-3-5-9(8)12/h2-5H,6-7H2,1H3,(H,13,15)(H,14,16). The topological polar surface area (TPSA) is 67.4 Å². The molecule has 1 rings (SSSR count). The molecule has 0 aromatic heterocycles. The van der Waals surface area contributed by atoms with Crippen LogP contribution in [0.2, 0.25) is 5.02 Å². The molecule has 17 heavy (non-hydrogen) atoms. The van der Waals surface area contributed by atoms with E-state index >= 15 is 0 Å². The van der Waals surface area contributed by atoms with E-state index < -0.39 is 6.09 Å². The van der Waals surface area contributed by atoms with E-state index in [0.29, 0.717) is 23.7 Å². The van der Waals surface area contributed by atoms with Gasteiger partial charge in [-0.3, -0.25) is 4.79 Å². The number of methoxy groups -OCH3 is 1. The molecule has 5 nitrogen and oxygen atoms in total. The highest BCUT2D eigenvalue weighted by atomic mass is 35.5. The van der Waals surface area contributed by atoms with Crippen LogP contribution in [0.25, 0.3) is 0 Å². The molecule has 0 aliphatic carbocycles. The SMILES string of the molecule is COC(=O)NCCNC(=O)c1ccccc1Cl. The number of nitrogens with one attached hydrogen (secondary N) is 2. The Balaban J connectivity index is 2.36. The van der Waals surface area contributed by atoms with E-state index in [1.165, 1.54) is 7.11 Å². The number of carbonyl (C=O) groups is 2. The van der Waals surface area contributed by atoms with Crippen molar-refractivity contribution in [1.82, 2.24) is 10.6 Å². The molecule has 0 fully saturated rings. The van der Waals surface area contributed by atoms with E-state index in [1.54, 1.807) is 24.3 Å². The lowest BCUT2D eigenvalue weighted by Crippen LogP contribution is -2.34. The maximum Gasteiger partial charge on any atom is 0.406 e. The Morgan fingerprint density at radius 1 is 1.24 bits per heavy atom. The molecule has 0 spiro atoms. The molecule has 0 aliphatic heterocycles. The monoisotopic (exact) mass is 256 g/mol. The van der Waals surface area contributed by atoms with E-state index in [1.807, 2.05) is 0 Å². The van der Waals surface area contributed by atoms with Gasteiger partial charge in [-0.25, -0.2) is 4.79 Å². The molecule has 1 aromatic carbocycles. The Morgan fingerprint density at radius 2 is 1.88 bits per heavy atom. The summed E-state index contributed by atoms with van der Waals surface area (Å²) in [6.07, 6.45) is -0.531. The first-order valence-electron chi connectivity index (χ1n) is 4.99. The van der Waals surface area contributed by atoms with Crippen LogP contribution in [0.3, 0.4) is 0 Å². The minimum Gasteiger partial charge on any atom is -0.453 e. The van der Waals surface area contributed by atoms with Gasteiger partial charge in [-0.2, -0.15) is 0 Å². The molecule has 2 N–H and O–H groups in total. The molecule has 6 heteroatoms. The van der Waals surface area contributed by atoms with Crippen molar-refractivity contribution in [2.24, 2.45) is 0 Å². The normalized spacial score (nSPS) is 9.53. The lowest BCUT2D eigenvalue weighted by Gasteiger charge is -2.07. The van der Waals surface area contributed by atoms with Crippen LogP contribution in [0.1, 0.15) is 10.4 Å². The summed E-state index contributed by atoms with van der Waals surface area (Å²) in [6.45, 7) is 0.599. The Morgan fingerprint density at radius 3 is 2.53 bits per heavy atom. The average molecular weight is 257 g/mol. The van der Waals surface area contributed by atoms with Crippen LogP contribution < -0.4 is 10.6 Å². The predicted octanol–water partition coefficient (Wildman–Crippen LogP) is 1.43. The van der Waals surface area contributed by atoms with E-state index in [2.05, 4.69) is 15.4 Å². The minimum absolute atomic E-state index is 0.276. The fourth-order valence-corrected chi connectivity index (χ4v) is 1.37. The molecule has 0 radical (unpaired) electrons. The van der Waals surface area contributed by atoms with Gasteiger partial charge in [0.25, 0.3) is 5.91 Å². The Kier molecular flexibility index (Phi) is 5.29. The third-order valence-electron chi connectivity index (χ3n) is 1.98. The summed E-state index contributed by atoms with van der Waals surface area (Å²) < 4.78 is 4.38. The summed E-state index contributed by atoms with van der Waals surface area (Å²) in [6, 6.07) is 6.75. The Bertz CT molecular complexity index is 409. The van der Waals surface area contributed by atoms with Crippen LogP contribution in [0.4, 0.5) is 4.79 Å². The molecule has 1 aromatic rings. The van der Waals surface area contributed by atoms with E-state index in [4.69, 9.17) is 11.6 Å². The number of ether oxygens (including phenoxy) is 1. The van der Waals surface area contributed by atoms with Gasteiger partial charge >= 0.3 is 6.09 Å². The summed E-state index contributed by atoms with van der Waals surface area (Å²) in [7, 11) is 1.28. The van der Waals surface area contributed by atoms with Crippen molar-refractivity contribution in [3.05, 3.63) is 34.9 Å². The van der Waals surface area contributed by atoms with Gasteiger partial charge in [-0.05, 0) is 12.1 Å². The zero-order valence-corrected chi connectivity index (χ0v) is 10.1. The zero-order valence-electron chi connectivity index (χ0n) is 9.33. The maximum atomic E-state index is 11.6. The first-order valence-corrected chi connectivity index (χ1v) is 5.37. The fourth-order valence-electron chi connectivity index (χ4n) is 1.15. The van der Waals surface area contributed by atoms with Crippen LogP contribution in [0.15, 0.2) is 24.3 Å². The number of halogens is 1. The first-order chi connectivity index (χ1) is 8.15. The highest BCUT2D eigenvalue weighted by Gasteiger charge is 2.08. The molecule has 0 saturated heterocycles. The van der Waals surface area contributed by atoms with E-state index in [0.717, 1.165) is 0 Å². The largest absolute Gasteiger partial charge is 0.453 e. The highest BCUT2D eigenvalue weighted by molar-refractivity contribution is 6.33. The lowest BCUT2D eigenvalue weighted by molar-refractivity contribution is 0.0953. The smallest absolute Gasteiger partial charge is 0.406 e. The van der Waals surface area contributed by atoms with Crippen LogP contribution >= 0.6 is 11.6 Å². The van der Waals surface area contributed by atoms with Crippen molar-refractivity contribution >= 4 is 23.6 Å². The number of hydrogen-bond donors (Lipinski definition) is 2. The molecule has 2 amide bonds. The number of alkyl carbamates (subject to hydrolysis) is 1. The predicted molar refractivity (Wildman–Crippen MR) is 64.2 cm³/mol. The molecule has 0 aliphatic rings. The fraction of sp³-hybridized carbons (Fsp3) is 0.273. The van der Waals surface area contributed by atoms with Crippen LogP contribution in [0, 0.1) is 0 Å². The van der Waals surface area contributed by atoms with Crippen molar-refractivity contribution in [3.8, 4) is 0 Å². The number of rotatable bonds is 4. The summed E-state index contributed by atoms with van der Waals surface area (Å²) >= 11 is 5.85. The van der Waals surface area contributed by atoms with Gasteiger partial charge in [-0.1, -0.05) is 23.7 Å². The second-order valence-electron chi connectivity index (χ2n) is 3.15. The second kappa shape index (κ2) is 6.75.